The molecule has 7 nitrogen and oxygen atoms in total. The van der Waals surface area contributed by atoms with Gasteiger partial charge in [0.05, 0.1) is 18.2 Å². The van der Waals surface area contributed by atoms with Crippen LogP contribution in [0.4, 0.5) is 0 Å². The van der Waals surface area contributed by atoms with Gasteiger partial charge in [0, 0.05) is 23.3 Å². The summed E-state index contributed by atoms with van der Waals surface area (Å²) in [6.45, 7) is 2.13. The Morgan fingerprint density at radius 2 is 1.80 bits per heavy atom. The second kappa shape index (κ2) is 7.93. The summed E-state index contributed by atoms with van der Waals surface area (Å²) < 4.78 is 2.56. The minimum atomic E-state index is -0.491. The molecular formula is C22H16ClN5O2. The van der Waals surface area contributed by atoms with Gasteiger partial charge in [0.15, 0.2) is 11.5 Å². The Morgan fingerprint density at radius 1 is 1.07 bits per heavy atom. The maximum absolute atomic E-state index is 13.1. The van der Waals surface area contributed by atoms with E-state index in [2.05, 4.69) is 16.0 Å². The first-order chi connectivity index (χ1) is 14.5. The van der Waals surface area contributed by atoms with E-state index in [1.165, 1.54) is 10.8 Å². The molecule has 0 amide bonds. The van der Waals surface area contributed by atoms with Crippen LogP contribution in [0.15, 0.2) is 64.3 Å². The van der Waals surface area contributed by atoms with Crippen LogP contribution >= 0.6 is 11.6 Å². The molecule has 0 aliphatic carbocycles. The van der Waals surface area contributed by atoms with E-state index in [0.29, 0.717) is 28.5 Å². The number of nitriles is 1. The quantitative estimate of drug-likeness (QED) is 0.508. The minimum Gasteiger partial charge on any atom is -0.277 e. The maximum atomic E-state index is 13.1. The standard InChI is InChI=1S/C22H16ClN5O2/c1-2-27-20-18(12-25-19(26-20)14-7-9-17(23)10-8-14)21(29)28(22(27)30)13-16-6-4-3-5-15(16)11-24/h3-10,12H,2,13H2,1H3. The summed E-state index contributed by atoms with van der Waals surface area (Å²) in [5.41, 5.74) is 1.04. The first kappa shape index (κ1) is 19.6. The number of hydrogen-bond acceptors (Lipinski definition) is 5. The van der Waals surface area contributed by atoms with Gasteiger partial charge in [0.1, 0.15) is 5.39 Å². The molecule has 0 bridgehead atoms. The molecule has 2 heterocycles. The molecule has 0 unspecified atom stereocenters. The van der Waals surface area contributed by atoms with Crippen LogP contribution < -0.4 is 11.2 Å². The second-order valence-electron chi connectivity index (χ2n) is 6.62. The molecule has 148 valence electrons. The van der Waals surface area contributed by atoms with Crippen LogP contribution in [0, 0.1) is 11.3 Å². The van der Waals surface area contributed by atoms with E-state index >= 15 is 0 Å². The molecule has 4 rings (SSSR count). The van der Waals surface area contributed by atoms with Gasteiger partial charge in [-0.3, -0.25) is 13.9 Å². The highest BCUT2D eigenvalue weighted by Crippen LogP contribution is 2.19. The van der Waals surface area contributed by atoms with Gasteiger partial charge in [-0.25, -0.2) is 14.8 Å². The highest BCUT2D eigenvalue weighted by molar-refractivity contribution is 6.30. The lowest BCUT2D eigenvalue weighted by Gasteiger charge is -2.13. The molecule has 0 aliphatic heterocycles. The third-order valence-corrected chi connectivity index (χ3v) is 5.10. The molecule has 0 spiro atoms. The van der Waals surface area contributed by atoms with Gasteiger partial charge in [-0.15, -0.1) is 0 Å². The lowest BCUT2D eigenvalue weighted by molar-refractivity contribution is 0.618. The number of rotatable bonds is 4. The van der Waals surface area contributed by atoms with Crippen molar-refractivity contribution in [1.29, 1.82) is 5.26 Å². The zero-order chi connectivity index (χ0) is 21.3. The Kier molecular flexibility index (Phi) is 5.17. The molecule has 0 saturated heterocycles. The number of aromatic nitrogens is 4. The van der Waals surface area contributed by atoms with Gasteiger partial charge in [0.25, 0.3) is 5.56 Å². The van der Waals surface area contributed by atoms with Gasteiger partial charge in [-0.2, -0.15) is 5.26 Å². The molecule has 2 aromatic carbocycles. The summed E-state index contributed by atoms with van der Waals surface area (Å²) >= 11 is 5.94. The van der Waals surface area contributed by atoms with E-state index in [9.17, 15) is 14.9 Å². The number of benzene rings is 2. The largest absolute Gasteiger partial charge is 0.332 e. The van der Waals surface area contributed by atoms with E-state index in [0.717, 1.165) is 10.1 Å². The molecule has 0 saturated carbocycles. The van der Waals surface area contributed by atoms with Crippen molar-refractivity contribution in [3.8, 4) is 17.5 Å². The van der Waals surface area contributed by atoms with Crippen LogP contribution in [0.1, 0.15) is 18.1 Å². The fourth-order valence-corrected chi connectivity index (χ4v) is 3.42. The predicted molar refractivity (Wildman–Crippen MR) is 114 cm³/mol. The summed E-state index contributed by atoms with van der Waals surface area (Å²) in [5, 5.41) is 10.1. The van der Waals surface area contributed by atoms with Crippen molar-refractivity contribution >= 4 is 22.6 Å². The van der Waals surface area contributed by atoms with Crippen LogP contribution in [-0.2, 0) is 13.1 Å². The number of fused-ring (bicyclic) bond motifs is 1. The number of hydrogen-bond donors (Lipinski definition) is 0. The lowest BCUT2D eigenvalue weighted by Crippen LogP contribution is -2.40. The number of aryl methyl sites for hydroxylation is 1. The number of nitrogens with zero attached hydrogens (tertiary/aromatic N) is 5. The summed E-state index contributed by atoms with van der Waals surface area (Å²) in [4.78, 5) is 35.0. The van der Waals surface area contributed by atoms with Gasteiger partial charge >= 0.3 is 5.69 Å². The zero-order valence-corrected chi connectivity index (χ0v) is 16.8. The van der Waals surface area contributed by atoms with Gasteiger partial charge in [-0.1, -0.05) is 29.8 Å². The van der Waals surface area contributed by atoms with Crippen LogP contribution in [0.2, 0.25) is 5.02 Å². The first-order valence-electron chi connectivity index (χ1n) is 9.27. The molecule has 8 heteroatoms. The van der Waals surface area contributed by atoms with Gasteiger partial charge in [-0.05, 0) is 42.8 Å². The van der Waals surface area contributed by atoms with Crippen molar-refractivity contribution in [2.45, 2.75) is 20.0 Å². The minimum absolute atomic E-state index is 0.00369. The zero-order valence-electron chi connectivity index (χ0n) is 16.0. The summed E-state index contributed by atoms with van der Waals surface area (Å²) in [5.74, 6) is 0.396. The second-order valence-corrected chi connectivity index (χ2v) is 7.06. The van der Waals surface area contributed by atoms with E-state index in [1.54, 1.807) is 48.5 Å². The molecule has 0 atom stereocenters. The molecule has 0 radical (unpaired) electrons. The van der Waals surface area contributed by atoms with Crippen LogP contribution in [0.5, 0.6) is 0 Å². The van der Waals surface area contributed by atoms with Crippen molar-refractivity contribution in [2.24, 2.45) is 0 Å². The molecular weight excluding hydrogens is 402 g/mol. The van der Waals surface area contributed by atoms with E-state index in [4.69, 9.17) is 11.6 Å². The van der Waals surface area contributed by atoms with Crippen molar-refractivity contribution < 1.29 is 0 Å². The SMILES string of the molecule is CCn1c(=O)n(Cc2ccccc2C#N)c(=O)c2cnc(-c3ccc(Cl)cc3)nc21. The molecule has 30 heavy (non-hydrogen) atoms. The molecule has 0 fully saturated rings. The Morgan fingerprint density at radius 3 is 2.50 bits per heavy atom. The normalized spacial score (nSPS) is 10.8. The van der Waals surface area contributed by atoms with E-state index in [-0.39, 0.29) is 17.6 Å². The third kappa shape index (κ3) is 3.38. The molecule has 4 aromatic rings. The van der Waals surface area contributed by atoms with Crippen LogP contribution in [-0.4, -0.2) is 19.1 Å². The molecule has 0 aliphatic rings. The summed E-state index contributed by atoms with van der Waals surface area (Å²) in [6.07, 6.45) is 1.44. The maximum Gasteiger partial charge on any atom is 0.332 e. The number of halogens is 1. The summed E-state index contributed by atoms with van der Waals surface area (Å²) in [7, 11) is 0. The Balaban J connectivity index is 1.92. The molecule has 2 aromatic heterocycles. The van der Waals surface area contributed by atoms with Crippen LogP contribution in [0.25, 0.3) is 22.4 Å². The van der Waals surface area contributed by atoms with Crippen molar-refractivity contribution in [1.82, 2.24) is 19.1 Å². The Hall–Kier alpha value is -3.76. The van der Waals surface area contributed by atoms with Crippen LogP contribution in [0.3, 0.4) is 0 Å². The smallest absolute Gasteiger partial charge is 0.277 e. The first-order valence-corrected chi connectivity index (χ1v) is 9.65. The molecule has 0 N–H and O–H groups in total. The Bertz CT molecular complexity index is 1420. The van der Waals surface area contributed by atoms with E-state index < -0.39 is 11.2 Å². The highest BCUT2D eigenvalue weighted by Gasteiger charge is 2.16. The Labute approximate surface area is 176 Å². The fraction of sp³-hybridized carbons (Fsp3) is 0.136. The summed E-state index contributed by atoms with van der Waals surface area (Å²) in [6, 6.07) is 16.0. The van der Waals surface area contributed by atoms with E-state index in [1.807, 2.05) is 6.92 Å². The third-order valence-electron chi connectivity index (χ3n) is 4.85. The lowest BCUT2D eigenvalue weighted by atomic mass is 10.1. The van der Waals surface area contributed by atoms with Gasteiger partial charge < -0.3 is 0 Å². The van der Waals surface area contributed by atoms with Crippen molar-refractivity contribution in [3.63, 3.8) is 0 Å². The highest BCUT2D eigenvalue weighted by atomic mass is 35.5. The average Bonchev–Trinajstić information content (AvgIpc) is 2.77. The predicted octanol–water partition coefficient (Wildman–Crippen LogP) is 3.21. The average molecular weight is 418 g/mol. The van der Waals surface area contributed by atoms with Gasteiger partial charge in [0.2, 0.25) is 0 Å². The van der Waals surface area contributed by atoms with Crippen molar-refractivity contribution in [2.75, 3.05) is 0 Å². The topological polar surface area (TPSA) is 93.6 Å². The fourth-order valence-electron chi connectivity index (χ4n) is 3.30. The van der Waals surface area contributed by atoms with Crippen molar-refractivity contribution in [3.05, 3.63) is 91.7 Å². The monoisotopic (exact) mass is 417 g/mol.